The second kappa shape index (κ2) is 4.89. The van der Waals surface area contributed by atoms with Crippen molar-refractivity contribution in [3.8, 4) is 0 Å². The van der Waals surface area contributed by atoms with E-state index in [4.69, 9.17) is 0 Å². The van der Waals surface area contributed by atoms with E-state index in [1.807, 2.05) is 0 Å². The summed E-state index contributed by atoms with van der Waals surface area (Å²) in [5.41, 5.74) is 1.67. The Morgan fingerprint density at radius 3 is 2.68 bits per heavy atom. The fourth-order valence-corrected chi connectivity index (χ4v) is 2.78. The Morgan fingerprint density at radius 1 is 1.21 bits per heavy atom. The van der Waals surface area contributed by atoms with Crippen molar-refractivity contribution in [1.29, 1.82) is 0 Å². The zero-order chi connectivity index (χ0) is 13.4. The number of Topliss-reactive ketones (excluding diaryl/α,β-unsaturated/α-hetero) is 1. The Labute approximate surface area is 113 Å². The minimum Gasteiger partial charge on any atom is -0.338 e. The second-order valence-corrected chi connectivity index (χ2v) is 5.76. The molecular formula is C14H20N4O. The summed E-state index contributed by atoms with van der Waals surface area (Å²) in [7, 11) is 2.13. The van der Waals surface area contributed by atoms with E-state index in [0.717, 1.165) is 49.8 Å². The predicted molar refractivity (Wildman–Crippen MR) is 73.6 cm³/mol. The molecule has 1 aromatic rings. The molecule has 0 spiro atoms. The van der Waals surface area contributed by atoms with Crippen LogP contribution in [-0.2, 0) is 6.42 Å². The van der Waals surface area contributed by atoms with Crippen LogP contribution >= 0.6 is 0 Å². The minimum absolute atomic E-state index is 0.193. The molecule has 1 atom stereocenters. The molecule has 102 valence electrons. The second-order valence-electron chi connectivity index (χ2n) is 5.76. The molecule has 5 heteroatoms. The minimum atomic E-state index is 0.193. The first-order valence-corrected chi connectivity index (χ1v) is 6.96. The first kappa shape index (κ1) is 12.5. The maximum Gasteiger partial charge on any atom is 0.225 e. The van der Waals surface area contributed by atoms with Crippen molar-refractivity contribution < 1.29 is 4.79 Å². The van der Waals surface area contributed by atoms with Gasteiger partial charge in [0.25, 0.3) is 0 Å². The molecule has 0 N–H and O–H groups in total. The van der Waals surface area contributed by atoms with Crippen LogP contribution in [0.15, 0.2) is 6.20 Å². The Hall–Kier alpha value is -1.49. The normalized spacial score (nSPS) is 24.4. The highest BCUT2D eigenvalue weighted by Gasteiger charge is 2.25. The number of nitrogens with zero attached hydrogens (tertiary/aromatic N) is 4. The number of carbonyl (C=O) groups is 1. The van der Waals surface area contributed by atoms with E-state index in [0.29, 0.717) is 12.3 Å². The number of fused-ring (bicyclic) bond motifs is 1. The Morgan fingerprint density at radius 2 is 1.95 bits per heavy atom. The van der Waals surface area contributed by atoms with Crippen molar-refractivity contribution in [2.45, 2.75) is 19.8 Å². The van der Waals surface area contributed by atoms with E-state index in [1.54, 1.807) is 6.20 Å². The van der Waals surface area contributed by atoms with Crippen LogP contribution in [0.1, 0.15) is 29.4 Å². The van der Waals surface area contributed by atoms with Crippen molar-refractivity contribution in [3.63, 3.8) is 0 Å². The number of piperazine rings is 1. The number of anilines is 1. The third-order valence-electron chi connectivity index (χ3n) is 4.02. The monoisotopic (exact) mass is 260 g/mol. The summed E-state index contributed by atoms with van der Waals surface area (Å²) >= 11 is 0. The first-order valence-electron chi connectivity index (χ1n) is 6.96. The summed E-state index contributed by atoms with van der Waals surface area (Å²) in [6, 6.07) is 0. The molecule has 1 aliphatic heterocycles. The highest BCUT2D eigenvalue weighted by molar-refractivity contribution is 5.98. The summed E-state index contributed by atoms with van der Waals surface area (Å²) in [6.07, 6.45) is 3.25. The molecule has 0 bridgehead atoms. The smallest absolute Gasteiger partial charge is 0.225 e. The van der Waals surface area contributed by atoms with Gasteiger partial charge < -0.3 is 9.80 Å². The molecule has 3 rings (SSSR count). The molecule has 1 aliphatic carbocycles. The molecule has 0 amide bonds. The number of rotatable bonds is 1. The van der Waals surface area contributed by atoms with Gasteiger partial charge in [-0.25, -0.2) is 9.97 Å². The largest absolute Gasteiger partial charge is 0.338 e. The highest BCUT2D eigenvalue weighted by Crippen LogP contribution is 2.25. The maximum atomic E-state index is 11.9. The average Bonchev–Trinajstić information content (AvgIpc) is 2.38. The molecule has 1 saturated heterocycles. The fourth-order valence-electron chi connectivity index (χ4n) is 2.78. The summed E-state index contributed by atoms with van der Waals surface area (Å²) in [5.74, 6) is 1.38. The van der Waals surface area contributed by atoms with E-state index in [-0.39, 0.29) is 5.78 Å². The van der Waals surface area contributed by atoms with Crippen LogP contribution in [0.25, 0.3) is 0 Å². The molecule has 2 aliphatic rings. The summed E-state index contributed by atoms with van der Waals surface area (Å²) in [6.45, 7) is 6.10. The van der Waals surface area contributed by atoms with Gasteiger partial charge >= 0.3 is 0 Å². The lowest BCUT2D eigenvalue weighted by Crippen LogP contribution is -2.45. The van der Waals surface area contributed by atoms with Crippen LogP contribution in [0.3, 0.4) is 0 Å². The molecule has 1 aromatic heterocycles. The zero-order valence-corrected chi connectivity index (χ0v) is 11.6. The molecule has 19 heavy (non-hydrogen) atoms. The lowest BCUT2D eigenvalue weighted by molar-refractivity contribution is 0.0951. The highest BCUT2D eigenvalue weighted by atomic mass is 16.1. The van der Waals surface area contributed by atoms with Gasteiger partial charge in [-0.2, -0.15) is 0 Å². The quantitative estimate of drug-likeness (QED) is 0.754. The van der Waals surface area contributed by atoms with Gasteiger partial charge in [0.2, 0.25) is 5.95 Å². The van der Waals surface area contributed by atoms with E-state index in [2.05, 4.69) is 33.7 Å². The maximum absolute atomic E-state index is 11.9. The number of ketones is 1. The summed E-state index contributed by atoms with van der Waals surface area (Å²) < 4.78 is 0. The van der Waals surface area contributed by atoms with Crippen molar-refractivity contribution in [2.24, 2.45) is 5.92 Å². The molecular weight excluding hydrogens is 240 g/mol. The van der Waals surface area contributed by atoms with Gasteiger partial charge in [0.1, 0.15) is 0 Å². The Kier molecular flexibility index (Phi) is 3.22. The summed E-state index contributed by atoms with van der Waals surface area (Å²) in [5, 5.41) is 0. The molecule has 0 unspecified atom stereocenters. The van der Waals surface area contributed by atoms with Crippen LogP contribution in [0.2, 0.25) is 0 Å². The molecule has 5 nitrogen and oxygen atoms in total. The summed E-state index contributed by atoms with van der Waals surface area (Å²) in [4.78, 5) is 25.5. The third-order valence-corrected chi connectivity index (χ3v) is 4.02. The van der Waals surface area contributed by atoms with Crippen molar-refractivity contribution in [1.82, 2.24) is 14.9 Å². The van der Waals surface area contributed by atoms with Crippen molar-refractivity contribution in [3.05, 3.63) is 17.5 Å². The van der Waals surface area contributed by atoms with Crippen LogP contribution in [0.5, 0.6) is 0 Å². The van der Waals surface area contributed by atoms with Gasteiger partial charge in [-0.3, -0.25) is 4.79 Å². The van der Waals surface area contributed by atoms with Crippen molar-refractivity contribution >= 4 is 11.7 Å². The SMILES string of the molecule is C[C@H]1CC(=O)c2cnc(N3CCN(C)CC3)nc2C1. The number of hydrogen-bond donors (Lipinski definition) is 0. The van der Waals surface area contributed by atoms with Gasteiger partial charge in [0, 0.05) is 38.8 Å². The number of aromatic nitrogens is 2. The standard InChI is InChI=1S/C14H20N4O/c1-10-7-12-11(13(19)8-10)9-15-14(16-12)18-5-3-17(2)4-6-18/h9-10H,3-8H2,1-2H3/t10-/m1/s1. The van der Waals surface area contributed by atoms with Crippen LogP contribution in [-0.4, -0.2) is 53.9 Å². The van der Waals surface area contributed by atoms with E-state index in [1.165, 1.54) is 0 Å². The van der Waals surface area contributed by atoms with E-state index >= 15 is 0 Å². The fraction of sp³-hybridized carbons (Fsp3) is 0.643. The van der Waals surface area contributed by atoms with E-state index < -0.39 is 0 Å². The first-order chi connectivity index (χ1) is 9.13. The van der Waals surface area contributed by atoms with Crippen molar-refractivity contribution in [2.75, 3.05) is 38.1 Å². The van der Waals surface area contributed by atoms with E-state index in [9.17, 15) is 4.79 Å². The Bertz CT molecular complexity index is 494. The van der Waals surface area contributed by atoms with Gasteiger partial charge in [-0.05, 0) is 19.4 Å². The van der Waals surface area contributed by atoms with Crippen LogP contribution in [0, 0.1) is 5.92 Å². The van der Waals surface area contributed by atoms with Gasteiger partial charge in [0.05, 0.1) is 11.3 Å². The molecule has 0 aromatic carbocycles. The molecule has 1 fully saturated rings. The van der Waals surface area contributed by atoms with Crippen LogP contribution in [0.4, 0.5) is 5.95 Å². The molecule has 0 radical (unpaired) electrons. The Balaban J connectivity index is 1.85. The molecule has 0 saturated carbocycles. The lowest BCUT2D eigenvalue weighted by atomic mass is 9.88. The topological polar surface area (TPSA) is 49.3 Å². The number of likely N-dealkylation sites (N-methyl/N-ethyl adjacent to an activating group) is 1. The van der Waals surface area contributed by atoms with Gasteiger partial charge in [-0.1, -0.05) is 6.92 Å². The van der Waals surface area contributed by atoms with Crippen LogP contribution < -0.4 is 4.90 Å². The average molecular weight is 260 g/mol. The predicted octanol–water partition coefficient (Wildman–Crippen LogP) is 0.993. The molecule has 2 heterocycles. The zero-order valence-electron chi connectivity index (χ0n) is 11.6. The van der Waals surface area contributed by atoms with Gasteiger partial charge in [0.15, 0.2) is 5.78 Å². The number of carbonyl (C=O) groups excluding carboxylic acids is 1. The lowest BCUT2D eigenvalue weighted by Gasteiger charge is -2.33. The number of hydrogen-bond acceptors (Lipinski definition) is 5. The van der Waals surface area contributed by atoms with Gasteiger partial charge in [-0.15, -0.1) is 0 Å². The third kappa shape index (κ3) is 2.47.